The van der Waals surface area contributed by atoms with E-state index in [2.05, 4.69) is 15.9 Å². The average molecular weight is 436 g/mol. The largest absolute Gasteiger partial charge is 0.481 e. The van der Waals surface area contributed by atoms with Gasteiger partial charge in [-0.1, -0.05) is 45.2 Å². The molecule has 134 valence electrons. The van der Waals surface area contributed by atoms with Gasteiger partial charge >= 0.3 is 5.97 Å². The minimum Gasteiger partial charge on any atom is -0.481 e. The molecule has 0 aliphatic heterocycles. The van der Waals surface area contributed by atoms with Gasteiger partial charge in [0.25, 0.3) is 0 Å². The maximum absolute atomic E-state index is 14.0. The number of rotatable bonds is 4. The van der Waals surface area contributed by atoms with E-state index >= 15 is 0 Å². The molecule has 2 aromatic rings. The van der Waals surface area contributed by atoms with Crippen molar-refractivity contribution in [1.29, 1.82) is 0 Å². The van der Waals surface area contributed by atoms with E-state index in [0.29, 0.717) is 5.02 Å². The summed E-state index contributed by atoms with van der Waals surface area (Å²) in [5, 5.41) is 10.00. The summed E-state index contributed by atoms with van der Waals surface area (Å²) in [6, 6.07) is 10.8. The molecular weight excluding hydrogens is 419 g/mol. The normalized spacial score (nSPS) is 21.0. The van der Waals surface area contributed by atoms with Crippen molar-refractivity contribution in [2.75, 3.05) is 0 Å². The Labute approximate surface area is 164 Å². The van der Waals surface area contributed by atoms with Gasteiger partial charge in [0.05, 0.1) is 6.42 Å². The van der Waals surface area contributed by atoms with Crippen LogP contribution in [0, 0.1) is 11.7 Å². The Bertz CT molecular complexity index is 920. The molecule has 5 heteroatoms. The number of benzene rings is 2. The third-order valence-electron chi connectivity index (χ3n) is 5.45. The molecule has 0 bridgehead atoms. The number of allylic oxidation sites excluding steroid dienone is 2. The molecule has 1 N–H and O–H groups in total. The van der Waals surface area contributed by atoms with Crippen LogP contribution in [0.3, 0.4) is 0 Å². The van der Waals surface area contributed by atoms with E-state index in [1.807, 2.05) is 24.3 Å². The number of carboxylic acid groups (broad SMARTS) is 1. The SMILES string of the molecule is O=C(O)C[C@H]1CCC2=C1C(Cc1ccc(Cl)cc1)c1c(Br)cc(F)cc12. The van der Waals surface area contributed by atoms with Crippen LogP contribution in [0.2, 0.25) is 5.02 Å². The van der Waals surface area contributed by atoms with Crippen LogP contribution in [0.25, 0.3) is 5.57 Å². The minimum atomic E-state index is -0.782. The zero-order valence-corrected chi connectivity index (χ0v) is 16.3. The molecule has 1 unspecified atom stereocenters. The highest BCUT2D eigenvalue weighted by Gasteiger charge is 2.41. The van der Waals surface area contributed by atoms with Crippen molar-refractivity contribution in [3.63, 3.8) is 0 Å². The van der Waals surface area contributed by atoms with Crippen molar-refractivity contribution in [2.24, 2.45) is 5.92 Å². The van der Waals surface area contributed by atoms with Crippen LogP contribution in [0.1, 0.15) is 41.9 Å². The zero-order chi connectivity index (χ0) is 18.4. The maximum atomic E-state index is 14.0. The lowest BCUT2D eigenvalue weighted by Crippen LogP contribution is -2.14. The number of hydrogen-bond donors (Lipinski definition) is 1. The summed E-state index contributed by atoms with van der Waals surface area (Å²) in [6.07, 6.45) is 2.52. The third kappa shape index (κ3) is 3.10. The third-order valence-corrected chi connectivity index (χ3v) is 6.36. The predicted octanol–water partition coefficient (Wildman–Crippen LogP) is 6.22. The number of carbonyl (C=O) groups is 1. The lowest BCUT2D eigenvalue weighted by molar-refractivity contribution is -0.137. The Kier molecular flexibility index (Phi) is 4.66. The van der Waals surface area contributed by atoms with Gasteiger partial charge in [-0.25, -0.2) is 4.39 Å². The average Bonchev–Trinajstić information content (AvgIpc) is 3.09. The minimum absolute atomic E-state index is 0.0159. The first-order chi connectivity index (χ1) is 12.4. The Hall–Kier alpha value is -1.65. The fourth-order valence-electron chi connectivity index (χ4n) is 4.48. The predicted molar refractivity (Wildman–Crippen MR) is 104 cm³/mol. The van der Waals surface area contributed by atoms with Gasteiger partial charge in [0.1, 0.15) is 5.82 Å². The maximum Gasteiger partial charge on any atom is 0.303 e. The van der Waals surface area contributed by atoms with Crippen molar-refractivity contribution in [3.8, 4) is 0 Å². The Morgan fingerprint density at radius 3 is 2.69 bits per heavy atom. The summed E-state index contributed by atoms with van der Waals surface area (Å²) in [5.74, 6) is -0.961. The molecule has 0 saturated heterocycles. The number of hydrogen-bond acceptors (Lipinski definition) is 1. The van der Waals surface area contributed by atoms with Gasteiger partial charge in [0.15, 0.2) is 0 Å². The van der Waals surface area contributed by atoms with E-state index in [1.54, 1.807) is 6.07 Å². The van der Waals surface area contributed by atoms with Gasteiger partial charge < -0.3 is 5.11 Å². The number of halogens is 3. The fraction of sp³-hybridized carbons (Fsp3) is 0.286. The van der Waals surface area contributed by atoms with Gasteiger partial charge in [0.2, 0.25) is 0 Å². The molecule has 26 heavy (non-hydrogen) atoms. The van der Waals surface area contributed by atoms with E-state index in [-0.39, 0.29) is 24.1 Å². The first kappa shape index (κ1) is 17.7. The van der Waals surface area contributed by atoms with Crippen LogP contribution in [0.4, 0.5) is 4.39 Å². The smallest absolute Gasteiger partial charge is 0.303 e. The monoisotopic (exact) mass is 434 g/mol. The molecule has 0 aromatic heterocycles. The van der Waals surface area contributed by atoms with Crippen LogP contribution in [-0.4, -0.2) is 11.1 Å². The van der Waals surface area contributed by atoms with E-state index in [4.69, 9.17) is 11.6 Å². The first-order valence-electron chi connectivity index (χ1n) is 8.62. The van der Waals surface area contributed by atoms with Gasteiger partial charge in [-0.15, -0.1) is 0 Å². The second-order valence-corrected chi connectivity index (χ2v) is 8.29. The molecule has 2 aliphatic rings. The lowest BCUT2D eigenvalue weighted by atomic mass is 9.82. The van der Waals surface area contributed by atoms with Crippen molar-refractivity contribution in [1.82, 2.24) is 0 Å². The number of carboxylic acids is 1. The van der Waals surface area contributed by atoms with E-state index in [0.717, 1.165) is 46.0 Å². The van der Waals surface area contributed by atoms with Crippen molar-refractivity contribution in [3.05, 3.63) is 74.0 Å². The summed E-state index contributed by atoms with van der Waals surface area (Å²) >= 11 is 9.54. The highest BCUT2D eigenvalue weighted by atomic mass is 79.9. The summed E-state index contributed by atoms with van der Waals surface area (Å²) < 4.78 is 14.8. The van der Waals surface area contributed by atoms with E-state index < -0.39 is 5.97 Å². The van der Waals surface area contributed by atoms with Crippen LogP contribution >= 0.6 is 27.5 Å². The number of fused-ring (bicyclic) bond motifs is 2. The zero-order valence-electron chi connectivity index (χ0n) is 13.9. The topological polar surface area (TPSA) is 37.3 Å². The van der Waals surface area contributed by atoms with Crippen molar-refractivity contribution < 1.29 is 14.3 Å². The Morgan fingerprint density at radius 2 is 2.00 bits per heavy atom. The van der Waals surface area contributed by atoms with E-state index in [1.165, 1.54) is 11.6 Å². The molecule has 4 rings (SSSR count). The Morgan fingerprint density at radius 1 is 1.27 bits per heavy atom. The Balaban J connectivity index is 1.79. The fourth-order valence-corrected chi connectivity index (χ4v) is 5.32. The van der Waals surface area contributed by atoms with Crippen LogP contribution in [-0.2, 0) is 11.2 Å². The molecule has 0 radical (unpaired) electrons. The van der Waals surface area contributed by atoms with Gasteiger partial charge in [-0.2, -0.15) is 0 Å². The van der Waals surface area contributed by atoms with Crippen molar-refractivity contribution in [2.45, 2.75) is 31.6 Å². The molecule has 2 aliphatic carbocycles. The van der Waals surface area contributed by atoms with Crippen LogP contribution in [0.5, 0.6) is 0 Å². The molecular formula is C21H17BrClFO2. The number of aliphatic carboxylic acids is 1. The van der Waals surface area contributed by atoms with Crippen molar-refractivity contribution >= 4 is 39.1 Å². The molecule has 2 atom stereocenters. The molecule has 0 heterocycles. The first-order valence-corrected chi connectivity index (χ1v) is 9.79. The summed E-state index contributed by atoms with van der Waals surface area (Å²) in [7, 11) is 0. The second kappa shape index (κ2) is 6.82. The molecule has 2 nitrogen and oxygen atoms in total. The highest BCUT2D eigenvalue weighted by Crippen LogP contribution is 2.56. The van der Waals surface area contributed by atoms with Crippen LogP contribution in [0.15, 0.2) is 46.4 Å². The summed E-state index contributed by atoms with van der Waals surface area (Å²) in [6.45, 7) is 0. The quantitative estimate of drug-likeness (QED) is 0.619. The van der Waals surface area contributed by atoms with Crippen LogP contribution < -0.4 is 0 Å². The second-order valence-electron chi connectivity index (χ2n) is 7.00. The molecule has 2 aromatic carbocycles. The molecule has 0 amide bonds. The lowest BCUT2D eigenvalue weighted by Gasteiger charge is -2.23. The highest BCUT2D eigenvalue weighted by molar-refractivity contribution is 9.10. The van der Waals surface area contributed by atoms with Gasteiger partial charge in [-0.3, -0.25) is 4.79 Å². The van der Waals surface area contributed by atoms with Gasteiger partial charge in [0, 0.05) is 15.4 Å². The standard InChI is InChI=1S/C21H17BrClFO2/c22-18-10-14(24)9-16-15-6-3-12(8-19(25)26)20(15)17(21(16)18)7-11-1-4-13(23)5-2-11/h1-2,4-5,9-10,12,17H,3,6-8H2,(H,25,26)/t12-,17?/m1/s1. The molecule has 0 spiro atoms. The van der Waals surface area contributed by atoms with Gasteiger partial charge in [-0.05, 0) is 71.7 Å². The van der Waals surface area contributed by atoms with E-state index in [9.17, 15) is 14.3 Å². The molecule has 0 fully saturated rings. The summed E-state index contributed by atoms with van der Waals surface area (Å²) in [5.41, 5.74) is 5.49. The molecule has 0 saturated carbocycles. The summed E-state index contributed by atoms with van der Waals surface area (Å²) in [4.78, 5) is 11.3.